The van der Waals surface area contributed by atoms with E-state index in [1.807, 2.05) is 29.2 Å². The van der Waals surface area contributed by atoms with Gasteiger partial charge in [0.05, 0.1) is 6.04 Å². The lowest BCUT2D eigenvalue weighted by Gasteiger charge is -2.36. The molecular weight excluding hydrogens is 405 g/mol. The van der Waals surface area contributed by atoms with Crippen LogP contribution in [0.2, 0.25) is 0 Å². The number of hydrogen-bond acceptors (Lipinski definition) is 4. The predicted molar refractivity (Wildman–Crippen MR) is 115 cm³/mol. The molecule has 8 heteroatoms. The first-order chi connectivity index (χ1) is 14.2. The summed E-state index contributed by atoms with van der Waals surface area (Å²) < 4.78 is 40.7. The Hall–Kier alpha value is -2.29. The molecule has 0 radical (unpaired) electrons. The molecule has 3 rings (SSSR count). The molecule has 1 saturated heterocycles. The molecule has 1 unspecified atom stereocenters. The SMILES string of the molecule is CC(C)c1ccc(NC(=O)C(C)N2CCN(S(=O)(=O)c3ccccc3F)CC2)cc1. The lowest BCUT2D eigenvalue weighted by Crippen LogP contribution is -2.54. The largest absolute Gasteiger partial charge is 0.325 e. The second-order valence-corrected chi connectivity index (χ2v) is 9.72. The van der Waals surface area contributed by atoms with Gasteiger partial charge in [0.15, 0.2) is 0 Å². The minimum absolute atomic E-state index is 0.141. The molecule has 1 atom stereocenters. The minimum atomic E-state index is -3.89. The normalized spacial score (nSPS) is 17.1. The summed E-state index contributed by atoms with van der Waals surface area (Å²) in [5.41, 5.74) is 1.94. The van der Waals surface area contributed by atoms with Crippen molar-refractivity contribution in [3.05, 3.63) is 59.9 Å². The molecule has 1 heterocycles. The van der Waals surface area contributed by atoms with Crippen LogP contribution in [0.3, 0.4) is 0 Å². The van der Waals surface area contributed by atoms with Gasteiger partial charge in [0.1, 0.15) is 10.7 Å². The number of halogens is 1. The van der Waals surface area contributed by atoms with Crippen LogP contribution in [0.25, 0.3) is 0 Å². The Labute approximate surface area is 177 Å². The van der Waals surface area contributed by atoms with Gasteiger partial charge in [0.25, 0.3) is 0 Å². The van der Waals surface area contributed by atoms with Crippen molar-refractivity contribution in [3.63, 3.8) is 0 Å². The summed E-state index contributed by atoms with van der Waals surface area (Å²) in [6.07, 6.45) is 0. The maximum atomic E-state index is 14.0. The molecule has 1 amide bonds. The Morgan fingerprint density at radius 3 is 2.13 bits per heavy atom. The molecule has 162 valence electrons. The predicted octanol–water partition coefficient (Wildman–Crippen LogP) is 3.28. The number of amides is 1. The first kappa shape index (κ1) is 22.4. The van der Waals surface area contributed by atoms with Crippen molar-refractivity contribution in [2.24, 2.45) is 0 Å². The number of nitrogens with one attached hydrogen (secondary N) is 1. The summed E-state index contributed by atoms with van der Waals surface area (Å²) in [5, 5.41) is 2.92. The smallest absolute Gasteiger partial charge is 0.246 e. The van der Waals surface area contributed by atoms with Crippen molar-refractivity contribution in [1.29, 1.82) is 0 Å². The van der Waals surface area contributed by atoms with E-state index in [0.29, 0.717) is 19.0 Å². The van der Waals surface area contributed by atoms with E-state index in [1.165, 1.54) is 28.1 Å². The summed E-state index contributed by atoms with van der Waals surface area (Å²) in [7, 11) is -3.89. The zero-order valence-corrected chi connectivity index (χ0v) is 18.3. The fourth-order valence-electron chi connectivity index (χ4n) is 3.49. The van der Waals surface area contributed by atoms with Crippen molar-refractivity contribution in [2.45, 2.75) is 37.6 Å². The molecule has 0 aliphatic carbocycles. The maximum Gasteiger partial charge on any atom is 0.246 e. The van der Waals surface area contributed by atoms with Gasteiger partial charge < -0.3 is 5.32 Å². The van der Waals surface area contributed by atoms with E-state index in [-0.39, 0.29) is 23.9 Å². The molecule has 0 saturated carbocycles. The molecule has 1 fully saturated rings. The topological polar surface area (TPSA) is 69.7 Å². The standard InChI is InChI=1S/C22H28FN3O3S/c1-16(2)18-8-10-19(11-9-18)24-22(27)17(3)25-12-14-26(15-13-25)30(28,29)21-7-5-4-6-20(21)23/h4-11,16-17H,12-15H2,1-3H3,(H,24,27). The molecule has 1 aliphatic heterocycles. The Morgan fingerprint density at radius 1 is 0.967 bits per heavy atom. The third kappa shape index (κ3) is 4.88. The molecular formula is C22H28FN3O3S. The van der Waals surface area contributed by atoms with Crippen molar-refractivity contribution in [1.82, 2.24) is 9.21 Å². The summed E-state index contributed by atoms with van der Waals surface area (Å²) in [4.78, 5) is 14.3. The van der Waals surface area contributed by atoms with Gasteiger partial charge in [0.2, 0.25) is 15.9 Å². The van der Waals surface area contributed by atoms with Crippen molar-refractivity contribution in [2.75, 3.05) is 31.5 Å². The highest BCUT2D eigenvalue weighted by molar-refractivity contribution is 7.89. The highest BCUT2D eigenvalue weighted by atomic mass is 32.2. The number of anilines is 1. The third-order valence-electron chi connectivity index (χ3n) is 5.50. The number of sulfonamides is 1. The van der Waals surface area contributed by atoms with Crippen molar-refractivity contribution < 1.29 is 17.6 Å². The number of benzene rings is 2. The quantitative estimate of drug-likeness (QED) is 0.759. The second-order valence-electron chi connectivity index (χ2n) is 7.81. The van der Waals surface area contributed by atoms with Gasteiger partial charge in [-0.2, -0.15) is 4.31 Å². The van der Waals surface area contributed by atoms with Crippen LogP contribution in [0.15, 0.2) is 53.4 Å². The first-order valence-electron chi connectivity index (χ1n) is 10.1. The van der Waals surface area contributed by atoms with Crippen LogP contribution in [-0.2, 0) is 14.8 Å². The molecule has 0 spiro atoms. The van der Waals surface area contributed by atoms with E-state index in [2.05, 4.69) is 19.2 Å². The maximum absolute atomic E-state index is 14.0. The highest BCUT2D eigenvalue weighted by Crippen LogP contribution is 2.21. The van der Waals surface area contributed by atoms with E-state index in [4.69, 9.17) is 0 Å². The molecule has 1 aliphatic rings. The van der Waals surface area contributed by atoms with Gasteiger partial charge in [0, 0.05) is 31.9 Å². The van der Waals surface area contributed by atoms with E-state index in [1.54, 1.807) is 6.92 Å². The lowest BCUT2D eigenvalue weighted by atomic mass is 10.0. The van der Waals surface area contributed by atoms with Crippen molar-refractivity contribution >= 4 is 21.6 Å². The Bertz CT molecular complexity index is 985. The van der Waals surface area contributed by atoms with E-state index < -0.39 is 21.9 Å². The van der Waals surface area contributed by atoms with Gasteiger partial charge in [-0.05, 0) is 42.7 Å². The zero-order chi connectivity index (χ0) is 21.9. The number of carbonyl (C=O) groups is 1. The average molecular weight is 434 g/mol. The van der Waals surface area contributed by atoms with Gasteiger partial charge in [-0.15, -0.1) is 0 Å². The fourth-order valence-corrected chi connectivity index (χ4v) is 4.98. The summed E-state index contributed by atoms with van der Waals surface area (Å²) >= 11 is 0. The number of piperazine rings is 1. The fraction of sp³-hybridized carbons (Fsp3) is 0.409. The van der Waals surface area contributed by atoms with E-state index in [9.17, 15) is 17.6 Å². The Morgan fingerprint density at radius 2 is 1.57 bits per heavy atom. The summed E-state index contributed by atoms with van der Waals surface area (Å²) in [6.45, 7) is 7.24. The number of nitrogens with zero attached hydrogens (tertiary/aromatic N) is 2. The number of rotatable bonds is 6. The number of carbonyl (C=O) groups excluding carboxylic acids is 1. The molecule has 0 aromatic heterocycles. The highest BCUT2D eigenvalue weighted by Gasteiger charge is 2.33. The van der Waals surface area contributed by atoms with E-state index >= 15 is 0 Å². The van der Waals surface area contributed by atoms with Gasteiger partial charge in [-0.1, -0.05) is 38.1 Å². The molecule has 1 N–H and O–H groups in total. The zero-order valence-electron chi connectivity index (χ0n) is 17.5. The van der Waals surface area contributed by atoms with Crippen LogP contribution in [0.1, 0.15) is 32.3 Å². The van der Waals surface area contributed by atoms with Crippen LogP contribution in [-0.4, -0.2) is 55.8 Å². The first-order valence-corrected chi connectivity index (χ1v) is 11.5. The molecule has 0 bridgehead atoms. The summed E-state index contributed by atoms with van der Waals surface area (Å²) in [6, 6.07) is 12.7. The average Bonchev–Trinajstić information content (AvgIpc) is 2.74. The summed E-state index contributed by atoms with van der Waals surface area (Å²) in [5.74, 6) is -0.473. The number of hydrogen-bond donors (Lipinski definition) is 1. The minimum Gasteiger partial charge on any atom is -0.325 e. The Kier molecular flexibility index (Phi) is 6.90. The van der Waals surface area contributed by atoms with Gasteiger partial charge >= 0.3 is 0 Å². The molecule has 2 aromatic carbocycles. The van der Waals surface area contributed by atoms with Gasteiger partial charge in [-0.25, -0.2) is 12.8 Å². The van der Waals surface area contributed by atoms with Crippen molar-refractivity contribution in [3.8, 4) is 0 Å². The van der Waals surface area contributed by atoms with Crippen LogP contribution in [0.4, 0.5) is 10.1 Å². The second kappa shape index (κ2) is 9.24. The van der Waals surface area contributed by atoms with Crippen LogP contribution < -0.4 is 5.32 Å². The molecule has 2 aromatic rings. The van der Waals surface area contributed by atoms with Gasteiger partial charge in [-0.3, -0.25) is 9.69 Å². The molecule has 6 nitrogen and oxygen atoms in total. The van der Waals surface area contributed by atoms with Crippen LogP contribution in [0, 0.1) is 5.82 Å². The lowest BCUT2D eigenvalue weighted by molar-refractivity contribution is -0.121. The monoisotopic (exact) mass is 433 g/mol. The molecule has 30 heavy (non-hydrogen) atoms. The van der Waals surface area contributed by atoms with E-state index in [0.717, 1.165) is 11.8 Å². The Balaban J connectivity index is 1.59. The van der Waals surface area contributed by atoms with Crippen LogP contribution >= 0.6 is 0 Å². The van der Waals surface area contributed by atoms with Crippen LogP contribution in [0.5, 0.6) is 0 Å². The third-order valence-corrected chi connectivity index (χ3v) is 7.43.